The summed E-state index contributed by atoms with van der Waals surface area (Å²) in [6.07, 6.45) is 1.92. The van der Waals surface area contributed by atoms with Crippen molar-refractivity contribution in [2.45, 2.75) is 109 Å². The van der Waals surface area contributed by atoms with E-state index in [9.17, 15) is 9.59 Å². The highest BCUT2D eigenvalue weighted by molar-refractivity contribution is 6.45. The lowest BCUT2D eigenvalue weighted by Gasteiger charge is -2.32. The molecule has 0 N–H and O–H groups in total. The van der Waals surface area contributed by atoms with Gasteiger partial charge in [-0.15, -0.1) is 0 Å². The molecule has 0 radical (unpaired) electrons. The van der Waals surface area contributed by atoms with Crippen LogP contribution in [-0.4, -0.2) is 47.1 Å². The molecule has 0 saturated carbocycles. The molecule has 46 heavy (non-hydrogen) atoms. The third-order valence-corrected chi connectivity index (χ3v) is 8.46. The van der Waals surface area contributed by atoms with E-state index < -0.39 is 34.3 Å². The van der Waals surface area contributed by atoms with Crippen LogP contribution in [0.4, 0.5) is 0 Å². The molecular weight excluding hydrogens is 577 g/mol. The lowest BCUT2D eigenvalue weighted by Crippen LogP contribution is -2.45. The van der Waals surface area contributed by atoms with Crippen molar-refractivity contribution in [2.75, 3.05) is 0 Å². The number of hydrogen-bond acceptors (Lipinski definition) is 7. The monoisotopic (exact) mass is 625 g/mol. The van der Waals surface area contributed by atoms with Crippen molar-refractivity contribution in [1.82, 2.24) is 0 Å². The van der Waals surface area contributed by atoms with Crippen LogP contribution in [0.2, 0.25) is 6.32 Å². The second-order valence-electron chi connectivity index (χ2n) is 14.0. The van der Waals surface area contributed by atoms with Gasteiger partial charge in [0.05, 0.1) is 23.3 Å². The molecular formula is C38H48BNO6. The highest BCUT2D eigenvalue weighted by Crippen LogP contribution is 2.39. The standard InChI is InChI=1S/C38H48BNO6/c1-35(2,3)44-34(42)38(27-32(41)43-28-29-19-11-8-12-20-29,25-17-18-26-39-45-36(4,5)37(6,7)46-39)40-33(30-21-13-9-14-22-30)31-23-15-10-16-24-31/h8-16,19-24H,17-18,25-28H2,1-7H3. The summed E-state index contributed by atoms with van der Waals surface area (Å²) in [6.45, 7) is 13.7. The van der Waals surface area contributed by atoms with Crippen LogP contribution in [0, 0.1) is 0 Å². The summed E-state index contributed by atoms with van der Waals surface area (Å²) in [7, 11) is -0.357. The van der Waals surface area contributed by atoms with Crippen molar-refractivity contribution < 1.29 is 28.4 Å². The largest absolute Gasteiger partial charge is 0.461 e. The Bertz CT molecular complexity index is 1410. The molecule has 1 atom stereocenters. The smallest absolute Gasteiger partial charge is 0.457 e. The highest BCUT2D eigenvalue weighted by Gasteiger charge is 2.51. The summed E-state index contributed by atoms with van der Waals surface area (Å²) >= 11 is 0. The van der Waals surface area contributed by atoms with Crippen LogP contribution in [0.15, 0.2) is 96.0 Å². The normalized spacial score (nSPS) is 16.7. The summed E-state index contributed by atoms with van der Waals surface area (Å²) in [4.78, 5) is 33.1. The molecule has 0 aliphatic carbocycles. The molecule has 3 aromatic carbocycles. The van der Waals surface area contributed by atoms with Gasteiger partial charge in [0, 0.05) is 11.1 Å². The number of aliphatic imine (C=N–C) groups is 1. The predicted molar refractivity (Wildman–Crippen MR) is 183 cm³/mol. The maximum absolute atomic E-state index is 14.3. The minimum absolute atomic E-state index is 0.0972. The Labute approximate surface area is 274 Å². The Morgan fingerprint density at radius 3 is 1.76 bits per heavy atom. The van der Waals surface area contributed by atoms with E-state index in [2.05, 4.69) is 0 Å². The van der Waals surface area contributed by atoms with E-state index in [-0.39, 0.29) is 26.6 Å². The molecule has 0 bridgehead atoms. The second-order valence-corrected chi connectivity index (χ2v) is 14.0. The summed E-state index contributed by atoms with van der Waals surface area (Å²) in [5.74, 6) is -1.08. The van der Waals surface area contributed by atoms with Crippen molar-refractivity contribution in [3.8, 4) is 0 Å². The summed E-state index contributed by atoms with van der Waals surface area (Å²) < 4.78 is 24.2. The minimum Gasteiger partial charge on any atom is -0.461 e. The van der Waals surface area contributed by atoms with E-state index in [1.165, 1.54) is 0 Å². The fourth-order valence-corrected chi connectivity index (χ4v) is 5.32. The number of unbranched alkanes of at least 4 members (excludes halogenated alkanes) is 1. The molecule has 244 valence electrons. The van der Waals surface area contributed by atoms with Gasteiger partial charge in [-0.25, -0.2) is 4.79 Å². The number of hydrogen-bond donors (Lipinski definition) is 0. The SMILES string of the molecule is CC(C)(C)OC(=O)C(CCCCB1OC(C)(C)C(C)(C)O1)(CC(=O)OCc1ccccc1)N=C(c1ccccc1)c1ccccc1. The second kappa shape index (κ2) is 14.8. The first-order chi connectivity index (χ1) is 21.7. The molecule has 1 aliphatic heterocycles. The Morgan fingerprint density at radius 1 is 0.761 bits per heavy atom. The topological polar surface area (TPSA) is 83.4 Å². The van der Waals surface area contributed by atoms with Crippen LogP contribution >= 0.6 is 0 Å². The van der Waals surface area contributed by atoms with Crippen LogP contribution in [0.3, 0.4) is 0 Å². The molecule has 1 aliphatic rings. The number of rotatable bonds is 13. The average molecular weight is 626 g/mol. The molecule has 3 aromatic rings. The molecule has 1 fully saturated rings. The van der Waals surface area contributed by atoms with Gasteiger partial charge in [0.15, 0.2) is 5.54 Å². The molecule has 8 heteroatoms. The Kier molecular flexibility index (Phi) is 11.3. The number of carbonyl (C=O) groups excluding carboxylic acids is 2. The molecule has 4 rings (SSSR count). The van der Waals surface area contributed by atoms with Gasteiger partial charge in [-0.3, -0.25) is 9.79 Å². The molecule has 7 nitrogen and oxygen atoms in total. The van der Waals surface area contributed by atoms with Crippen molar-refractivity contribution in [1.29, 1.82) is 0 Å². The number of benzene rings is 3. The first-order valence-corrected chi connectivity index (χ1v) is 16.2. The van der Waals surface area contributed by atoms with Crippen molar-refractivity contribution in [2.24, 2.45) is 4.99 Å². The van der Waals surface area contributed by atoms with E-state index in [1.807, 2.05) is 139 Å². The number of carbonyl (C=O) groups is 2. The maximum atomic E-state index is 14.3. The molecule has 0 spiro atoms. The van der Waals surface area contributed by atoms with Gasteiger partial charge in [-0.1, -0.05) is 104 Å². The van der Waals surface area contributed by atoms with Gasteiger partial charge in [-0.2, -0.15) is 0 Å². The molecule has 1 heterocycles. The van der Waals surface area contributed by atoms with Crippen LogP contribution in [0.5, 0.6) is 0 Å². The lowest BCUT2D eigenvalue weighted by molar-refractivity contribution is -0.166. The predicted octanol–water partition coefficient (Wildman–Crippen LogP) is 8.00. The quantitative estimate of drug-likeness (QED) is 0.0829. The van der Waals surface area contributed by atoms with Crippen LogP contribution in [-0.2, 0) is 35.0 Å². The summed E-state index contributed by atoms with van der Waals surface area (Å²) in [6, 6.07) is 28.9. The van der Waals surface area contributed by atoms with Crippen molar-refractivity contribution >= 4 is 24.8 Å². The Hall–Kier alpha value is -3.75. The molecule has 0 aromatic heterocycles. The first kappa shape index (κ1) is 35.1. The third kappa shape index (κ3) is 9.40. The van der Waals surface area contributed by atoms with Crippen LogP contribution in [0.25, 0.3) is 0 Å². The Balaban J connectivity index is 1.70. The van der Waals surface area contributed by atoms with Gasteiger partial charge >= 0.3 is 19.1 Å². The maximum Gasteiger partial charge on any atom is 0.457 e. The molecule has 0 amide bonds. The van der Waals surface area contributed by atoms with E-state index in [0.717, 1.165) is 16.7 Å². The zero-order chi connectivity index (χ0) is 33.4. The number of esters is 2. The lowest BCUT2D eigenvalue weighted by atomic mass is 9.80. The zero-order valence-corrected chi connectivity index (χ0v) is 28.4. The van der Waals surface area contributed by atoms with E-state index in [4.69, 9.17) is 23.8 Å². The highest BCUT2D eigenvalue weighted by atomic mass is 16.7. The van der Waals surface area contributed by atoms with Gasteiger partial charge in [0.2, 0.25) is 0 Å². The van der Waals surface area contributed by atoms with E-state index >= 15 is 0 Å². The van der Waals surface area contributed by atoms with Gasteiger partial charge < -0.3 is 18.8 Å². The van der Waals surface area contributed by atoms with Crippen molar-refractivity contribution in [3.05, 3.63) is 108 Å². The van der Waals surface area contributed by atoms with Crippen LogP contribution in [0.1, 0.15) is 90.8 Å². The number of ether oxygens (including phenoxy) is 2. The third-order valence-electron chi connectivity index (χ3n) is 8.46. The zero-order valence-electron chi connectivity index (χ0n) is 28.4. The van der Waals surface area contributed by atoms with Crippen LogP contribution < -0.4 is 0 Å². The van der Waals surface area contributed by atoms with E-state index in [1.54, 1.807) is 0 Å². The summed E-state index contributed by atoms with van der Waals surface area (Å²) in [5.41, 5.74) is -0.0666. The first-order valence-electron chi connectivity index (χ1n) is 16.2. The number of nitrogens with zero attached hydrogens (tertiary/aromatic N) is 1. The fourth-order valence-electron chi connectivity index (χ4n) is 5.32. The van der Waals surface area contributed by atoms with Gasteiger partial charge in [0.25, 0.3) is 0 Å². The van der Waals surface area contributed by atoms with E-state index in [0.29, 0.717) is 24.9 Å². The summed E-state index contributed by atoms with van der Waals surface area (Å²) in [5, 5.41) is 0. The molecule has 1 unspecified atom stereocenters. The van der Waals surface area contributed by atoms with Gasteiger partial charge in [0.1, 0.15) is 12.2 Å². The Morgan fingerprint density at radius 2 is 1.26 bits per heavy atom. The average Bonchev–Trinajstić information content (AvgIpc) is 3.22. The van der Waals surface area contributed by atoms with Gasteiger partial charge in [-0.05, 0) is 66.8 Å². The minimum atomic E-state index is -1.54. The molecule has 1 saturated heterocycles. The van der Waals surface area contributed by atoms with Crippen molar-refractivity contribution in [3.63, 3.8) is 0 Å². The fraction of sp³-hybridized carbons (Fsp3) is 0.447.